The number of fused-ring (bicyclic) bond motifs is 1. The van der Waals surface area contributed by atoms with Crippen LogP contribution in [0.5, 0.6) is 0 Å². The molecule has 120 valence electrons. The molecule has 0 saturated carbocycles. The van der Waals surface area contributed by atoms with E-state index >= 15 is 0 Å². The third kappa shape index (κ3) is 2.67. The molecule has 0 aliphatic heterocycles. The van der Waals surface area contributed by atoms with E-state index in [0.717, 1.165) is 6.07 Å². The fourth-order valence-electron chi connectivity index (χ4n) is 2.57. The normalized spacial score (nSPS) is 12.1. The predicted octanol–water partition coefficient (Wildman–Crippen LogP) is 4.58. The van der Waals surface area contributed by atoms with Crippen LogP contribution in [0, 0.1) is 12.7 Å². The van der Waals surface area contributed by atoms with E-state index in [2.05, 4.69) is 10.1 Å². The van der Waals surface area contributed by atoms with Gasteiger partial charge in [0.1, 0.15) is 5.82 Å². The largest absolute Gasteiger partial charge is 0.417 e. The molecule has 3 nitrogen and oxygen atoms in total. The summed E-state index contributed by atoms with van der Waals surface area (Å²) in [6.07, 6.45) is -4.53. The second-order valence-corrected chi connectivity index (χ2v) is 5.16. The van der Waals surface area contributed by atoms with Crippen LogP contribution in [0.1, 0.15) is 18.2 Å². The molecule has 0 aliphatic rings. The molecule has 0 N–H and O–H groups in total. The number of nitrogens with zero attached hydrogens (tertiary/aromatic N) is 3. The van der Waals surface area contributed by atoms with Crippen molar-refractivity contribution in [2.45, 2.75) is 26.6 Å². The lowest BCUT2D eigenvalue weighted by molar-refractivity contribution is -0.136. The first-order chi connectivity index (χ1) is 10.8. The number of halogens is 4. The van der Waals surface area contributed by atoms with Crippen LogP contribution in [0.3, 0.4) is 0 Å². The van der Waals surface area contributed by atoms with Gasteiger partial charge in [-0.2, -0.15) is 18.3 Å². The van der Waals surface area contributed by atoms with Crippen molar-refractivity contribution in [3.8, 4) is 11.3 Å². The Balaban J connectivity index is 2.34. The van der Waals surface area contributed by atoms with Crippen LogP contribution in [-0.4, -0.2) is 14.8 Å². The fraction of sp³-hybridized carbons (Fsp3) is 0.250. The monoisotopic (exact) mass is 323 g/mol. The minimum atomic E-state index is -4.53. The van der Waals surface area contributed by atoms with Crippen molar-refractivity contribution in [1.29, 1.82) is 0 Å². The Labute approximate surface area is 129 Å². The lowest BCUT2D eigenvalue weighted by Gasteiger charge is -2.11. The molecule has 2 heterocycles. The van der Waals surface area contributed by atoms with Crippen LogP contribution in [0.4, 0.5) is 17.6 Å². The van der Waals surface area contributed by atoms with Gasteiger partial charge in [-0.3, -0.25) is 0 Å². The second kappa shape index (κ2) is 5.33. The number of benzene rings is 1. The Bertz CT molecular complexity index is 864. The summed E-state index contributed by atoms with van der Waals surface area (Å²) in [7, 11) is 0. The summed E-state index contributed by atoms with van der Waals surface area (Å²) >= 11 is 0. The zero-order chi connectivity index (χ0) is 16.8. The van der Waals surface area contributed by atoms with Crippen LogP contribution in [0.2, 0.25) is 0 Å². The molecule has 0 spiro atoms. The Morgan fingerprint density at radius 1 is 1.13 bits per heavy atom. The van der Waals surface area contributed by atoms with Gasteiger partial charge < -0.3 is 0 Å². The molecular formula is C16H13F4N3. The number of pyridine rings is 1. The Kier molecular flexibility index (Phi) is 3.58. The van der Waals surface area contributed by atoms with Gasteiger partial charge >= 0.3 is 6.18 Å². The van der Waals surface area contributed by atoms with E-state index in [0.29, 0.717) is 12.1 Å². The first-order valence-corrected chi connectivity index (χ1v) is 7.02. The minimum Gasteiger partial charge on any atom is -0.247 e. The number of rotatable bonds is 2. The average Bonchev–Trinajstić information content (AvgIpc) is 2.82. The summed E-state index contributed by atoms with van der Waals surface area (Å²) in [6, 6.07) is 6.18. The van der Waals surface area contributed by atoms with Crippen LogP contribution in [0.25, 0.3) is 22.3 Å². The third-order valence-electron chi connectivity index (χ3n) is 3.62. The van der Waals surface area contributed by atoms with Crippen LogP contribution in [-0.2, 0) is 12.7 Å². The maximum atomic E-state index is 13.4. The van der Waals surface area contributed by atoms with Crippen molar-refractivity contribution >= 4 is 11.0 Å². The van der Waals surface area contributed by atoms with Crippen molar-refractivity contribution in [3.63, 3.8) is 0 Å². The van der Waals surface area contributed by atoms with Gasteiger partial charge in [0.05, 0.1) is 22.3 Å². The summed E-state index contributed by atoms with van der Waals surface area (Å²) in [5.74, 6) is -0.458. The van der Waals surface area contributed by atoms with E-state index in [1.807, 2.05) is 0 Å². The molecule has 7 heteroatoms. The molecule has 23 heavy (non-hydrogen) atoms. The SMILES string of the molecule is CCn1nc(C)c2c(C(F)(F)F)cc(-c3ccc(F)cc3)nc21. The van der Waals surface area contributed by atoms with Gasteiger partial charge in [0.25, 0.3) is 0 Å². The molecule has 0 aliphatic carbocycles. The quantitative estimate of drug-likeness (QED) is 0.646. The number of aromatic nitrogens is 3. The second-order valence-electron chi connectivity index (χ2n) is 5.16. The van der Waals surface area contributed by atoms with Gasteiger partial charge in [-0.15, -0.1) is 0 Å². The van der Waals surface area contributed by atoms with Crippen LogP contribution in [0.15, 0.2) is 30.3 Å². The third-order valence-corrected chi connectivity index (χ3v) is 3.62. The lowest BCUT2D eigenvalue weighted by atomic mass is 10.1. The highest BCUT2D eigenvalue weighted by atomic mass is 19.4. The number of alkyl halides is 3. The summed E-state index contributed by atoms with van der Waals surface area (Å²) in [5.41, 5.74) is 0.241. The highest BCUT2D eigenvalue weighted by Gasteiger charge is 2.35. The van der Waals surface area contributed by atoms with E-state index in [4.69, 9.17) is 0 Å². The molecule has 3 rings (SSSR count). The summed E-state index contributed by atoms with van der Waals surface area (Å²) in [4.78, 5) is 4.32. The van der Waals surface area contributed by atoms with E-state index in [9.17, 15) is 17.6 Å². The molecule has 2 aromatic heterocycles. The van der Waals surface area contributed by atoms with Crippen molar-refractivity contribution in [1.82, 2.24) is 14.8 Å². The number of hydrogen-bond donors (Lipinski definition) is 0. The van der Waals surface area contributed by atoms with E-state index in [-0.39, 0.29) is 22.4 Å². The zero-order valence-corrected chi connectivity index (χ0v) is 12.4. The summed E-state index contributed by atoms with van der Waals surface area (Å²) in [6.45, 7) is 3.72. The van der Waals surface area contributed by atoms with Gasteiger partial charge in [0.2, 0.25) is 0 Å². The first-order valence-electron chi connectivity index (χ1n) is 7.02. The molecule has 0 atom stereocenters. The fourth-order valence-corrected chi connectivity index (χ4v) is 2.57. The van der Waals surface area contributed by atoms with Crippen molar-refractivity contribution in [2.75, 3.05) is 0 Å². The molecule has 0 saturated heterocycles. The molecule has 0 fully saturated rings. The molecule has 3 aromatic rings. The highest BCUT2D eigenvalue weighted by Crippen LogP contribution is 2.38. The van der Waals surface area contributed by atoms with Crippen molar-refractivity contribution in [2.24, 2.45) is 0 Å². The van der Waals surface area contributed by atoms with E-state index < -0.39 is 17.6 Å². The van der Waals surface area contributed by atoms with Gasteiger partial charge in [-0.05, 0) is 44.2 Å². The van der Waals surface area contributed by atoms with Gasteiger partial charge in [0.15, 0.2) is 5.65 Å². The van der Waals surface area contributed by atoms with Crippen molar-refractivity contribution in [3.05, 3.63) is 47.4 Å². The number of aryl methyl sites for hydroxylation is 2. The standard InChI is InChI=1S/C16H13F4N3/c1-3-23-15-14(9(2)22-23)12(16(18,19)20)8-13(21-15)10-4-6-11(17)7-5-10/h4-8H,3H2,1-2H3. The Morgan fingerprint density at radius 3 is 2.35 bits per heavy atom. The Hall–Kier alpha value is -2.44. The van der Waals surface area contributed by atoms with E-state index in [1.54, 1.807) is 6.92 Å². The smallest absolute Gasteiger partial charge is 0.247 e. The topological polar surface area (TPSA) is 30.7 Å². The summed E-state index contributed by atoms with van der Waals surface area (Å²) in [5, 5.41) is 4.13. The van der Waals surface area contributed by atoms with Crippen LogP contribution >= 0.6 is 0 Å². The highest BCUT2D eigenvalue weighted by molar-refractivity contribution is 5.85. The molecule has 0 bridgehead atoms. The minimum absolute atomic E-state index is 0.00483. The van der Waals surface area contributed by atoms with Crippen molar-refractivity contribution < 1.29 is 17.6 Å². The summed E-state index contributed by atoms with van der Waals surface area (Å²) < 4.78 is 54.8. The van der Waals surface area contributed by atoms with Gasteiger partial charge in [-0.25, -0.2) is 14.1 Å². The maximum Gasteiger partial charge on any atom is 0.417 e. The molecular weight excluding hydrogens is 310 g/mol. The molecule has 0 amide bonds. The van der Waals surface area contributed by atoms with E-state index in [1.165, 1.54) is 35.9 Å². The predicted molar refractivity (Wildman–Crippen MR) is 78.3 cm³/mol. The maximum absolute atomic E-state index is 13.4. The average molecular weight is 323 g/mol. The zero-order valence-electron chi connectivity index (χ0n) is 12.4. The lowest BCUT2D eigenvalue weighted by Crippen LogP contribution is -2.08. The molecule has 0 radical (unpaired) electrons. The molecule has 0 unspecified atom stereocenters. The number of hydrogen-bond acceptors (Lipinski definition) is 2. The van der Waals surface area contributed by atoms with Gasteiger partial charge in [-0.1, -0.05) is 0 Å². The Morgan fingerprint density at radius 2 is 1.78 bits per heavy atom. The molecule has 1 aromatic carbocycles. The first kappa shape index (κ1) is 15.5. The van der Waals surface area contributed by atoms with Crippen LogP contribution < -0.4 is 0 Å². The van der Waals surface area contributed by atoms with Gasteiger partial charge in [0, 0.05) is 12.1 Å².